The van der Waals surface area contributed by atoms with Crippen molar-refractivity contribution < 1.29 is 22.3 Å². The van der Waals surface area contributed by atoms with Gasteiger partial charge in [0.15, 0.2) is 0 Å². The number of halogens is 2. The molecule has 0 saturated carbocycles. The molecule has 4 rings (SSSR count). The number of benzene rings is 3. The van der Waals surface area contributed by atoms with E-state index in [0.29, 0.717) is 49.9 Å². The van der Waals surface area contributed by atoms with E-state index >= 15 is 0 Å². The highest BCUT2D eigenvalue weighted by Crippen LogP contribution is 2.25. The van der Waals surface area contributed by atoms with E-state index in [-0.39, 0.29) is 11.0 Å². The molecule has 192 valence electrons. The minimum atomic E-state index is -3.75. The summed E-state index contributed by atoms with van der Waals surface area (Å²) in [6, 6.07) is 19.4. The van der Waals surface area contributed by atoms with E-state index in [2.05, 4.69) is 4.90 Å². The van der Waals surface area contributed by atoms with Gasteiger partial charge in [-0.3, -0.25) is 4.90 Å². The standard InChI is InChI=1S/C27H30ClFN2O4S/c1-20-6-11-25(17-26(20)29)36(32,33)31-14-12-30(13-15-31)18-27(22-7-9-23(28)10-8-22)35-19-21-4-3-5-24(16-21)34-2/h3-11,16-17,27H,12-15,18-19H2,1-2H3/t27-/m1/s1. The lowest BCUT2D eigenvalue weighted by molar-refractivity contribution is 0.00767. The van der Waals surface area contributed by atoms with Crippen molar-refractivity contribution in [3.63, 3.8) is 0 Å². The predicted octanol–water partition coefficient (Wildman–Crippen LogP) is 5.06. The van der Waals surface area contributed by atoms with E-state index in [0.717, 1.165) is 22.9 Å². The second-order valence-corrected chi connectivity index (χ2v) is 11.2. The van der Waals surface area contributed by atoms with Crippen LogP contribution in [0.3, 0.4) is 0 Å². The van der Waals surface area contributed by atoms with Gasteiger partial charge in [0, 0.05) is 37.7 Å². The fourth-order valence-electron chi connectivity index (χ4n) is 4.16. The maximum absolute atomic E-state index is 14.0. The Morgan fingerprint density at radius 1 is 1.00 bits per heavy atom. The van der Waals surface area contributed by atoms with E-state index < -0.39 is 15.8 Å². The molecule has 0 spiro atoms. The number of hydrogen-bond acceptors (Lipinski definition) is 5. The van der Waals surface area contributed by atoms with Crippen LogP contribution < -0.4 is 4.74 Å². The predicted molar refractivity (Wildman–Crippen MR) is 138 cm³/mol. The Morgan fingerprint density at radius 2 is 1.72 bits per heavy atom. The van der Waals surface area contributed by atoms with Gasteiger partial charge in [-0.15, -0.1) is 0 Å². The largest absolute Gasteiger partial charge is 0.497 e. The van der Waals surface area contributed by atoms with Gasteiger partial charge in [-0.1, -0.05) is 41.9 Å². The molecule has 0 radical (unpaired) electrons. The van der Waals surface area contributed by atoms with Crippen molar-refractivity contribution in [2.24, 2.45) is 0 Å². The summed E-state index contributed by atoms with van der Waals surface area (Å²) in [6.07, 6.45) is -0.234. The molecule has 1 heterocycles. The van der Waals surface area contributed by atoms with Gasteiger partial charge in [0.05, 0.1) is 24.7 Å². The highest BCUT2D eigenvalue weighted by molar-refractivity contribution is 7.89. The first-order valence-corrected chi connectivity index (χ1v) is 13.6. The fraction of sp³-hybridized carbons (Fsp3) is 0.333. The van der Waals surface area contributed by atoms with Crippen LogP contribution in [0.5, 0.6) is 5.75 Å². The van der Waals surface area contributed by atoms with Crippen molar-refractivity contribution in [2.75, 3.05) is 39.8 Å². The Bertz CT molecular complexity index is 1280. The van der Waals surface area contributed by atoms with Crippen LogP contribution in [0.25, 0.3) is 0 Å². The van der Waals surface area contributed by atoms with Crippen LogP contribution in [0.4, 0.5) is 4.39 Å². The number of nitrogens with zero attached hydrogens (tertiary/aromatic N) is 2. The molecule has 1 aliphatic heterocycles. The van der Waals surface area contributed by atoms with Gasteiger partial charge in [-0.25, -0.2) is 12.8 Å². The van der Waals surface area contributed by atoms with Crippen LogP contribution in [-0.4, -0.2) is 57.5 Å². The van der Waals surface area contributed by atoms with Crippen molar-refractivity contribution in [3.8, 4) is 5.75 Å². The Balaban J connectivity index is 1.42. The average molecular weight is 533 g/mol. The molecule has 6 nitrogen and oxygen atoms in total. The molecule has 1 atom stereocenters. The summed E-state index contributed by atoms with van der Waals surface area (Å²) < 4.78 is 53.1. The Labute approximate surface area is 217 Å². The molecule has 1 fully saturated rings. The molecule has 0 N–H and O–H groups in total. The number of hydrogen-bond donors (Lipinski definition) is 0. The van der Waals surface area contributed by atoms with E-state index in [1.165, 1.54) is 16.4 Å². The van der Waals surface area contributed by atoms with Crippen LogP contribution in [0, 0.1) is 12.7 Å². The summed E-state index contributed by atoms with van der Waals surface area (Å²) in [7, 11) is -2.12. The van der Waals surface area contributed by atoms with Crippen LogP contribution in [0.1, 0.15) is 22.8 Å². The Kier molecular flexibility index (Phi) is 8.64. The zero-order chi connectivity index (χ0) is 25.7. The van der Waals surface area contributed by atoms with Gasteiger partial charge in [0.2, 0.25) is 10.0 Å². The summed E-state index contributed by atoms with van der Waals surface area (Å²) in [6.45, 7) is 4.33. The van der Waals surface area contributed by atoms with Gasteiger partial charge in [-0.05, 0) is 60.0 Å². The van der Waals surface area contributed by atoms with Crippen molar-refractivity contribution in [3.05, 3.63) is 94.3 Å². The smallest absolute Gasteiger partial charge is 0.243 e. The zero-order valence-corrected chi connectivity index (χ0v) is 21.9. The van der Waals surface area contributed by atoms with Crippen LogP contribution >= 0.6 is 11.6 Å². The molecule has 1 saturated heterocycles. The molecule has 0 aromatic heterocycles. The lowest BCUT2D eigenvalue weighted by atomic mass is 10.1. The number of aryl methyl sites for hydroxylation is 1. The van der Waals surface area contributed by atoms with Crippen molar-refractivity contribution >= 4 is 21.6 Å². The lowest BCUT2D eigenvalue weighted by Crippen LogP contribution is -2.49. The molecule has 0 bridgehead atoms. The molecule has 0 aliphatic carbocycles. The van der Waals surface area contributed by atoms with E-state index in [4.69, 9.17) is 21.1 Å². The molecular weight excluding hydrogens is 503 g/mol. The number of piperazine rings is 1. The zero-order valence-electron chi connectivity index (χ0n) is 20.4. The first kappa shape index (κ1) is 26.6. The minimum absolute atomic E-state index is 0.0142. The van der Waals surface area contributed by atoms with Crippen molar-refractivity contribution in [1.82, 2.24) is 9.21 Å². The third-order valence-electron chi connectivity index (χ3n) is 6.36. The molecule has 36 heavy (non-hydrogen) atoms. The summed E-state index contributed by atoms with van der Waals surface area (Å²) in [5.74, 6) is 0.249. The Morgan fingerprint density at radius 3 is 2.39 bits per heavy atom. The number of sulfonamides is 1. The van der Waals surface area contributed by atoms with Crippen molar-refractivity contribution in [2.45, 2.75) is 24.5 Å². The molecule has 0 unspecified atom stereocenters. The quantitative estimate of drug-likeness (QED) is 0.385. The summed E-state index contributed by atoms with van der Waals surface area (Å²) in [5.41, 5.74) is 2.41. The maximum Gasteiger partial charge on any atom is 0.243 e. The minimum Gasteiger partial charge on any atom is -0.497 e. The molecule has 1 aliphatic rings. The van der Waals surface area contributed by atoms with Crippen LogP contribution in [0.2, 0.25) is 5.02 Å². The second kappa shape index (κ2) is 11.7. The molecule has 3 aromatic carbocycles. The van der Waals surface area contributed by atoms with Crippen LogP contribution in [0.15, 0.2) is 71.6 Å². The third-order valence-corrected chi connectivity index (χ3v) is 8.51. The number of ether oxygens (including phenoxy) is 2. The van der Waals surface area contributed by atoms with Crippen molar-refractivity contribution in [1.29, 1.82) is 0 Å². The molecule has 3 aromatic rings. The first-order valence-electron chi connectivity index (χ1n) is 11.7. The van der Waals surface area contributed by atoms with Gasteiger partial charge in [-0.2, -0.15) is 4.31 Å². The Hall–Kier alpha value is -2.49. The maximum atomic E-state index is 14.0. The highest BCUT2D eigenvalue weighted by Gasteiger charge is 2.30. The van der Waals surface area contributed by atoms with Gasteiger partial charge in [0.1, 0.15) is 11.6 Å². The fourth-order valence-corrected chi connectivity index (χ4v) is 5.72. The summed E-state index contributed by atoms with van der Waals surface area (Å²) >= 11 is 6.09. The summed E-state index contributed by atoms with van der Waals surface area (Å²) in [4.78, 5) is 2.17. The van der Waals surface area contributed by atoms with Crippen LogP contribution in [-0.2, 0) is 21.4 Å². The normalized spacial score (nSPS) is 16.1. The topological polar surface area (TPSA) is 59.1 Å². The SMILES string of the molecule is COc1cccc(CO[C@H](CN2CCN(S(=O)(=O)c3ccc(C)c(F)c3)CC2)c2ccc(Cl)cc2)c1. The highest BCUT2D eigenvalue weighted by atomic mass is 35.5. The molecule has 9 heteroatoms. The number of methoxy groups -OCH3 is 1. The van der Waals surface area contributed by atoms with E-state index in [9.17, 15) is 12.8 Å². The van der Waals surface area contributed by atoms with E-state index in [1.807, 2.05) is 48.5 Å². The lowest BCUT2D eigenvalue weighted by Gasteiger charge is -2.36. The van der Waals surface area contributed by atoms with Gasteiger partial charge >= 0.3 is 0 Å². The second-order valence-electron chi connectivity index (χ2n) is 8.82. The van der Waals surface area contributed by atoms with Gasteiger partial charge < -0.3 is 9.47 Å². The molecule has 0 amide bonds. The summed E-state index contributed by atoms with van der Waals surface area (Å²) in [5, 5.41) is 0.650. The first-order chi connectivity index (χ1) is 17.3. The van der Waals surface area contributed by atoms with E-state index in [1.54, 1.807) is 14.0 Å². The monoisotopic (exact) mass is 532 g/mol. The number of rotatable bonds is 9. The molecular formula is C27H30ClFN2O4S. The third kappa shape index (κ3) is 6.44. The average Bonchev–Trinajstić information content (AvgIpc) is 2.89. The van der Waals surface area contributed by atoms with Gasteiger partial charge in [0.25, 0.3) is 0 Å².